The molecule has 0 bridgehead atoms. The largest absolute Gasteiger partial charge is 0.348 e. The molecule has 1 aliphatic carbocycles. The summed E-state index contributed by atoms with van der Waals surface area (Å²) in [6.07, 6.45) is 2.84. The van der Waals surface area contributed by atoms with E-state index in [0.717, 1.165) is 34.9 Å². The Bertz CT molecular complexity index is 1180. The van der Waals surface area contributed by atoms with Crippen LogP contribution in [0.5, 0.6) is 0 Å². The fraction of sp³-hybridized carbons (Fsp3) is 0.240. The van der Waals surface area contributed by atoms with E-state index in [-0.39, 0.29) is 29.9 Å². The van der Waals surface area contributed by atoms with E-state index >= 15 is 0 Å². The number of halogens is 1. The number of sulfonamides is 1. The first-order valence-electron chi connectivity index (χ1n) is 10.6. The first-order chi connectivity index (χ1) is 15.4. The van der Waals surface area contributed by atoms with Crippen LogP contribution in [-0.4, -0.2) is 25.2 Å². The standard InChI is InChI=1S/C25H25BrN2O3S/c26-21-13-15-22(16-14-21)32(30,31)28(17-19-7-2-1-3-8-19)18-25(29)27-24-12-6-10-20-9-4-5-11-23(20)24/h1-5,7-9,11,13-16,24H,6,10,12,17-18H2,(H,27,29)/t24-/m0/s1. The maximum absolute atomic E-state index is 13.4. The fourth-order valence-electron chi connectivity index (χ4n) is 4.07. The average Bonchev–Trinajstić information content (AvgIpc) is 2.80. The van der Waals surface area contributed by atoms with Gasteiger partial charge in [-0.15, -0.1) is 0 Å². The second kappa shape index (κ2) is 9.98. The summed E-state index contributed by atoms with van der Waals surface area (Å²) in [5.74, 6) is -0.302. The van der Waals surface area contributed by atoms with Gasteiger partial charge in [0.15, 0.2) is 0 Å². The van der Waals surface area contributed by atoms with Crippen molar-refractivity contribution in [3.8, 4) is 0 Å². The van der Waals surface area contributed by atoms with E-state index in [4.69, 9.17) is 0 Å². The van der Waals surface area contributed by atoms with Gasteiger partial charge in [0.1, 0.15) is 0 Å². The number of hydrogen-bond donors (Lipinski definition) is 1. The Morgan fingerprint density at radius 3 is 2.41 bits per heavy atom. The number of carbonyl (C=O) groups is 1. The molecule has 0 saturated carbocycles. The molecule has 1 aliphatic rings. The molecule has 166 valence electrons. The van der Waals surface area contributed by atoms with Crippen LogP contribution < -0.4 is 5.32 Å². The number of amides is 1. The Labute approximate surface area is 197 Å². The number of aryl methyl sites for hydroxylation is 1. The minimum absolute atomic E-state index is 0.0959. The normalized spacial score (nSPS) is 15.9. The summed E-state index contributed by atoms with van der Waals surface area (Å²) in [6.45, 7) is -0.125. The van der Waals surface area contributed by atoms with Crippen molar-refractivity contribution >= 4 is 31.9 Å². The van der Waals surface area contributed by atoms with Crippen LogP contribution in [0.25, 0.3) is 0 Å². The van der Waals surface area contributed by atoms with E-state index in [1.54, 1.807) is 24.3 Å². The summed E-state index contributed by atoms with van der Waals surface area (Å²) < 4.78 is 28.8. The highest BCUT2D eigenvalue weighted by Gasteiger charge is 2.29. The molecular weight excluding hydrogens is 488 g/mol. The Morgan fingerprint density at radius 1 is 0.969 bits per heavy atom. The number of nitrogens with one attached hydrogen (secondary N) is 1. The molecule has 3 aromatic rings. The van der Waals surface area contributed by atoms with E-state index in [1.807, 2.05) is 48.5 Å². The Balaban J connectivity index is 1.56. The summed E-state index contributed by atoms with van der Waals surface area (Å²) in [5, 5.41) is 3.07. The van der Waals surface area contributed by atoms with Crippen molar-refractivity contribution in [2.24, 2.45) is 0 Å². The number of fused-ring (bicyclic) bond motifs is 1. The Kier molecular flexibility index (Phi) is 7.08. The summed E-state index contributed by atoms with van der Waals surface area (Å²) in [4.78, 5) is 13.2. The minimum atomic E-state index is -3.86. The van der Waals surface area contributed by atoms with Gasteiger partial charge in [0.25, 0.3) is 0 Å². The van der Waals surface area contributed by atoms with Crippen LogP contribution in [0.4, 0.5) is 0 Å². The monoisotopic (exact) mass is 512 g/mol. The number of rotatable bonds is 7. The smallest absolute Gasteiger partial charge is 0.243 e. The lowest BCUT2D eigenvalue weighted by Crippen LogP contribution is -2.42. The van der Waals surface area contributed by atoms with E-state index < -0.39 is 10.0 Å². The van der Waals surface area contributed by atoms with Gasteiger partial charge >= 0.3 is 0 Å². The van der Waals surface area contributed by atoms with E-state index in [1.165, 1.54) is 9.87 Å². The molecule has 0 spiro atoms. The van der Waals surface area contributed by atoms with Crippen molar-refractivity contribution < 1.29 is 13.2 Å². The number of nitrogens with zero attached hydrogens (tertiary/aromatic N) is 1. The van der Waals surface area contributed by atoms with Crippen molar-refractivity contribution in [2.45, 2.75) is 36.7 Å². The fourth-order valence-corrected chi connectivity index (χ4v) is 5.72. The van der Waals surface area contributed by atoms with Crippen molar-refractivity contribution in [1.29, 1.82) is 0 Å². The quantitative estimate of drug-likeness (QED) is 0.492. The topological polar surface area (TPSA) is 66.5 Å². The SMILES string of the molecule is O=C(CN(Cc1ccccc1)S(=O)(=O)c1ccc(Br)cc1)N[C@H]1CCCc2ccccc21. The van der Waals surface area contributed by atoms with E-state index in [9.17, 15) is 13.2 Å². The molecule has 32 heavy (non-hydrogen) atoms. The molecule has 0 aromatic heterocycles. The maximum Gasteiger partial charge on any atom is 0.243 e. The predicted molar refractivity (Wildman–Crippen MR) is 128 cm³/mol. The molecule has 0 saturated heterocycles. The van der Waals surface area contributed by atoms with Crippen molar-refractivity contribution in [1.82, 2.24) is 9.62 Å². The van der Waals surface area contributed by atoms with Crippen molar-refractivity contribution in [3.05, 3.63) is 100 Å². The van der Waals surface area contributed by atoms with Gasteiger partial charge in [-0.1, -0.05) is 70.5 Å². The third-order valence-corrected chi connectivity index (χ3v) is 8.01. The number of hydrogen-bond acceptors (Lipinski definition) is 3. The lowest BCUT2D eigenvalue weighted by atomic mass is 9.88. The van der Waals surface area contributed by atoms with Gasteiger partial charge in [0, 0.05) is 11.0 Å². The van der Waals surface area contributed by atoms with Crippen LogP contribution in [-0.2, 0) is 27.8 Å². The molecule has 0 radical (unpaired) electrons. The molecule has 1 amide bonds. The van der Waals surface area contributed by atoms with Crippen LogP contribution in [0.2, 0.25) is 0 Å². The zero-order valence-electron chi connectivity index (χ0n) is 17.6. The molecule has 4 rings (SSSR count). The summed E-state index contributed by atoms with van der Waals surface area (Å²) in [7, 11) is -3.86. The van der Waals surface area contributed by atoms with Crippen LogP contribution in [0, 0.1) is 0 Å². The van der Waals surface area contributed by atoms with Gasteiger partial charge in [0.2, 0.25) is 15.9 Å². The van der Waals surface area contributed by atoms with Crippen LogP contribution in [0.3, 0.4) is 0 Å². The summed E-state index contributed by atoms with van der Waals surface area (Å²) in [6, 6.07) is 23.8. The zero-order chi connectivity index (χ0) is 22.6. The molecule has 0 fully saturated rings. The molecule has 1 atom stereocenters. The first-order valence-corrected chi connectivity index (χ1v) is 12.8. The zero-order valence-corrected chi connectivity index (χ0v) is 20.0. The van der Waals surface area contributed by atoms with Gasteiger partial charge < -0.3 is 5.32 Å². The summed E-state index contributed by atoms with van der Waals surface area (Å²) >= 11 is 3.34. The van der Waals surface area contributed by atoms with Crippen molar-refractivity contribution in [2.75, 3.05) is 6.54 Å². The van der Waals surface area contributed by atoms with Crippen LogP contribution in [0.15, 0.2) is 88.2 Å². The highest BCUT2D eigenvalue weighted by Crippen LogP contribution is 2.29. The van der Waals surface area contributed by atoms with Crippen LogP contribution >= 0.6 is 15.9 Å². The molecule has 7 heteroatoms. The molecule has 0 unspecified atom stereocenters. The average molecular weight is 513 g/mol. The highest BCUT2D eigenvalue weighted by atomic mass is 79.9. The Hall–Kier alpha value is -2.48. The third-order valence-electron chi connectivity index (χ3n) is 5.68. The predicted octanol–water partition coefficient (Wildman–Crippen LogP) is 4.83. The third kappa shape index (κ3) is 5.28. The van der Waals surface area contributed by atoms with Gasteiger partial charge in [0.05, 0.1) is 17.5 Å². The first kappa shape index (κ1) is 22.7. The van der Waals surface area contributed by atoms with Gasteiger partial charge in [-0.2, -0.15) is 4.31 Å². The molecule has 0 heterocycles. The molecule has 0 aliphatic heterocycles. The second-order valence-electron chi connectivity index (χ2n) is 7.92. The maximum atomic E-state index is 13.4. The van der Waals surface area contributed by atoms with Gasteiger partial charge in [-0.25, -0.2) is 8.42 Å². The molecular formula is C25H25BrN2O3S. The lowest BCUT2D eigenvalue weighted by Gasteiger charge is -2.28. The molecule has 3 aromatic carbocycles. The van der Waals surface area contributed by atoms with E-state index in [0.29, 0.717) is 0 Å². The highest BCUT2D eigenvalue weighted by molar-refractivity contribution is 9.10. The van der Waals surface area contributed by atoms with Gasteiger partial charge in [-0.3, -0.25) is 4.79 Å². The second-order valence-corrected chi connectivity index (χ2v) is 10.8. The number of carbonyl (C=O) groups excluding carboxylic acids is 1. The molecule has 1 N–H and O–H groups in total. The van der Waals surface area contributed by atoms with Gasteiger partial charge in [-0.05, 0) is 60.2 Å². The minimum Gasteiger partial charge on any atom is -0.348 e. The lowest BCUT2D eigenvalue weighted by molar-refractivity contribution is -0.122. The van der Waals surface area contributed by atoms with Crippen molar-refractivity contribution in [3.63, 3.8) is 0 Å². The number of benzene rings is 3. The Morgan fingerprint density at radius 2 is 1.66 bits per heavy atom. The van der Waals surface area contributed by atoms with E-state index in [2.05, 4.69) is 27.3 Å². The summed E-state index contributed by atoms with van der Waals surface area (Å²) in [5.41, 5.74) is 3.19. The van der Waals surface area contributed by atoms with Crippen LogP contribution in [0.1, 0.15) is 35.6 Å². The molecule has 5 nitrogen and oxygen atoms in total.